The summed E-state index contributed by atoms with van der Waals surface area (Å²) in [4.78, 5) is 31.8. The summed E-state index contributed by atoms with van der Waals surface area (Å²) in [5.74, 6) is -0.274. The van der Waals surface area contributed by atoms with Crippen molar-refractivity contribution >= 4 is 28.4 Å². The maximum Gasteiger partial charge on any atom is 0.295 e. The standard InChI is InChI=1S/C33H34N2O5/c1-33(2,3)23-11-9-20(10-12-23)29-28(30(36)21-7-6-8-24(17-21)39-4)31(37)32(38)35(29)16-15-22-19-34-27-14-13-25(40-5)18-26(22)27/h6-14,17-19,29,34,36H,15-16H2,1-5H3/b30-28-. The summed E-state index contributed by atoms with van der Waals surface area (Å²) in [5.41, 5.74) is 4.29. The van der Waals surface area contributed by atoms with Gasteiger partial charge in [-0.3, -0.25) is 9.59 Å². The van der Waals surface area contributed by atoms with E-state index in [4.69, 9.17) is 9.47 Å². The predicted molar refractivity (Wildman–Crippen MR) is 156 cm³/mol. The van der Waals surface area contributed by atoms with Crippen molar-refractivity contribution in [2.24, 2.45) is 0 Å². The number of carbonyl (C=O) groups excluding carboxylic acids is 2. The number of aromatic nitrogens is 1. The van der Waals surface area contributed by atoms with E-state index in [1.165, 1.54) is 7.11 Å². The van der Waals surface area contributed by atoms with Gasteiger partial charge in [-0.05, 0) is 58.9 Å². The number of Topliss-reactive ketones (excluding diaryl/α,β-unsaturated/α-hetero) is 1. The number of nitrogens with one attached hydrogen (secondary N) is 1. The summed E-state index contributed by atoms with van der Waals surface area (Å²) in [6, 6.07) is 19.8. The van der Waals surface area contributed by atoms with Crippen LogP contribution in [-0.4, -0.2) is 47.4 Å². The second kappa shape index (κ2) is 10.6. The lowest BCUT2D eigenvalue weighted by Gasteiger charge is -2.26. The van der Waals surface area contributed by atoms with Gasteiger partial charge in [-0.2, -0.15) is 0 Å². The monoisotopic (exact) mass is 538 g/mol. The predicted octanol–water partition coefficient (Wildman–Crippen LogP) is 6.15. The molecule has 5 rings (SSSR count). The van der Waals surface area contributed by atoms with E-state index in [9.17, 15) is 14.7 Å². The van der Waals surface area contributed by atoms with E-state index >= 15 is 0 Å². The molecule has 0 bridgehead atoms. The third-order valence-corrected chi connectivity index (χ3v) is 7.57. The maximum absolute atomic E-state index is 13.5. The number of likely N-dealkylation sites (tertiary alicyclic amines) is 1. The molecule has 1 amide bonds. The summed E-state index contributed by atoms with van der Waals surface area (Å²) in [6.07, 6.45) is 2.43. The number of H-pyrrole nitrogens is 1. The van der Waals surface area contributed by atoms with Gasteiger partial charge in [0.05, 0.1) is 25.8 Å². The molecular formula is C33H34N2O5. The van der Waals surface area contributed by atoms with Gasteiger partial charge in [0.1, 0.15) is 17.3 Å². The highest BCUT2D eigenvalue weighted by Gasteiger charge is 2.46. The van der Waals surface area contributed by atoms with Crippen LogP contribution in [0.15, 0.2) is 78.5 Å². The number of hydrogen-bond donors (Lipinski definition) is 2. The molecule has 7 nitrogen and oxygen atoms in total. The van der Waals surface area contributed by atoms with Crippen molar-refractivity contribution in [3.63, 3.8) is 0 Å². The number of nitrogens with zero attached hydrogens (tertiary/aromatic N) is 1. The van der Waals surface area contributed by atoms with Crippen molar-refractivity contribution in [3.05, 3.63) is 101 Å². The van der Waals surface area contributed by atoms with Crippen LogP contribution in [0.25, 0.3) is 16.7 Å². The van der Waals surface area contributed by atoms with Gasteiger partial charge in [0, 0.05) is 29.2 Å². The van der Waals surface area contributed by atoms with E-state index in [1.807, 2.05) is 48.7 Å². The topological polar surface area (TPSA) is 91.9 Å². The zero-order valence-electron chi connectivity index (χ0n) is 23.4. The fourth-order valence-corrected chi connectivity index (χ4v) is 5.28. The fourth-order valence-electron chi connectivity index (χ4n) is 5.28. The number of fused-ring (bicyclic) bond motifs is 1. The van der Waals surface area contributed by atoms with Crippen molar-refractivity contribution in [1.29, 1.82) is 0 Å². The first kappa shape index (κ1) is 27.1. The Balaban J connectivity index is 1.57. The molecule has 2 N–H and O–H groups in total. The number of ketones is 1. The summed E-state index contributed by atoms with van der Waals surface area (Å²) in [7, 11) is 3.16. The van der Waals surface area contributed by atoms with Crippen LogP contribution < -0.4 is 9.47 Å². The highest BCUT2D eigenvalue weighted by Crippen LogP contribution is 2.40. The van der Waals surface area contributed by atoms with Crippen molar-refractivity contribution in [1.82, 2.24) is 9.88 Å². The molecule has 1 aliphatic heterocycles. The first-order valence-corrected chi connectivity index (χ1v) is 13.3. The zero-order chi connectivity index (χ0) is 28.6. The van der Waals surface area contributed by atoms with Crippen LogP contribution in [0.5, 0.6) is 11.5 Å². The number of aliphatic hydroxyl groups is 1. The molecule has 0 radical (unpaired) electrons. The number of aromatic amines is 1. The Labute approximate surface area is 234 Å². The Kier molecular flexibility index (Phi) is 7.15. The first-order valence-electron chi connectivity index (χ1n) is 13.3. The SMILES string of the molecule is COc1cccc(/C(O)=C2/C(=O)C(=O)N(CCc3c[nH]c4ccc(OC)cc34)C2c2ccc(C(C)(C)C)cc2)c1. The van der Waals surface area contributed by atoms with Crippen LogP contribution in [0, 0.1) is 0 Å². The molecule has 206 valence electrons. The van der Waals surface area contributed by atoms with Gasteiger partial charge >= 0.3 is 0 Å². The number of benzene rings is 3. The molecule has 0 saturated carbocycles. The molecule has 1 fully saturated rings. The number of methoxy groups -OCH3 is 2. The first-order chi connectivity index (χ1) is 19.1. The fraction of sp³-hybridized carbons (Fsp3) is 0.273. The molecule has 7 heteroatoms. The molecule has 2 heterocycles. The van der Waals surface area contributed by atoms with Gasteiger partial charge < -0.3 is 24.5 Å². The molecular weight excluding hydrogens is 504 g/mol. The number of hydrogen-bond acceptors (Lipinski definition) is 5. The average Bonchev–Trinajstić information content (AvgIpc) is 3.48. The van der Waals surface area contributed by atoms with Crippen LogP contribution >= 0.6 is 0 Å². The Morgan fingerprint density at radius 3 is 2.33 bits per heavy atom. The quantitative estimate of drug-likeness (QED) is 0.167. The number of carbonyl (C=O) groups is 2. The normalized spacial score (nSPS) is 17.0. The Morgan fingerprint density at radius 1 is 0.950 bits per heavy atom. The van der Waals surface area contributed by atoms with Crippen LogP contribution in [0.2, 0.25) is 0 Å². The van der Waals surface area contributed by atoms with Crippen molar-refractivity contribution < 1.29 is 24.2 Å². The van der Waals surface area contributed by atoms with Crippen molar-refractivity contribution in [3.8, 4) is 11.5 Å². The minimum atomic E-state index is -0.736. The van der Waals surface area contributed by atoms with E-state index in [0.29, 0.717) is 17.7 Å². The second-order valence-corrected chi connectivity index (χ2v) is 11.1. The minimum absolute atomic E-state index is 0.0582. The van der Waals surface area contributed by atoms with Crippen molar-refractivity contribution in [2.75, 3.05) is 20.8 Å². The lowest BCUT2D eigenvalue weighted by molar-refractivity contribution is -0.139. The minimum Gasteiger partial charge on any atom is -0.507 e. The third kappa shape index (κ3) is 4.95. The Morgan fingerprint density at radius 2 is 1.65 bits per heavy atom. The molecule has 0 aliphatic carbocycles. The van der Waals surface area contributed by atoms with Crippen LogP contribution in [0.3, 0.4) is 0 Å². The number of amides is 1. The molecule has 4 aromatic rings. The van der Waals surface area contributed by atoms with Gasteiger partial charge in [0.15, 0.2) is 0 Å². The maximum atomic E-state index is 13.5. The number of ether oxygens (including phenoxy) is 2. The van der Waals surface area contributed by atoms with Crippen molar-refractivity contribution in [2.45, 2.75) is 38.6 Å². The highest BCUT2D eigenvalue weighted by atomic mass is 16.5. The van der Waals surface area contributed by atoms with Crippen LogP contribution in [-0.2, 0) is 21.4 Å². The largest absolute Gasteiger partial charge is 0.507 e. The van der Waals surface area contributed by atoms with E-state index in [2.05, 4.69) is 25.8 Å². The lowest BCUT2D eigenvalue weighted by Crippen LogP contribution is -2.31. The van der Waals surface area contributed by atoms with Gasteiger partial charge in [0.25, 0.3) is 11.7 Å². The highest BCUT2D eigenvalue weighted by molar-refractivity contribution is 6.46. The average molecular weight is 539 g/mol. The van der Waals surface area contributed by atoms with Crippen LogP contribution in [0.1, 0.15) is 49.1 Å². The molecule has 1 saturated heterocycles. The molecule has 1 aromatic heterocycles. The summed E-state index contributed by atoms with van der Waals surface area (Å²) in [6.45, 7) is 6.68. The second-order valence-electron chi connectivity index (χ2n) is 11.1. The van der Waals surface area contributed by atoms with E-state index < -0.39 is 17.7 Å². The molecule has 40 heavy (non-hydrogen) atoms. The van der Waals surface area contributed by atoms with Gasteiger partial charge in [0.2, 0.25) is 0 Å². The third-order valence-electron chi connectivity index (χ3n) is 7.57. The van der Waals surface area contributed by atoms with E-state index in [-0.39, 0.29) is 23.3 Å². The summed E-state index contributed by atoms with van der Waals surface area (Å²) in [5, 5.41) is 12.4. The Hall–Kier alpha value is -4.52. The van der Waals surface area contributed by atoms with Gasteiger partial charge in [-0.15, -0.1) is 0 Å². The molecule has 1 unspecified atom stereocenters. The number of aliphatic hydroxyl groups excluding tert-OH is 1. The zero-order valence-corrected chi connectivity index (χ0v) is 23.4. The Bertz CT molecular complexity index is 1610. The summed E-state index contributed by atoms with van der Waals surface area (Å²) < 4.78 is 10.7. The molecule has 0 spiro atoms. The van der Waals surface area contributed by atoms with Gasteiger partial charge in [-0.25, -0.2) is 0 Å². The smallest absolute Gasteiger partial charge is 0.295 e. The molecule has 1 aliphatic rings. The lowest BCUT2D eigenvalue weighted by atomic mass is 9.85. The van der Waals surface area contributed by atoms with E-state index in [1.54, 1.807) is 36.3 Å². The number of rotatable bonds is 7. The van der Waals surface area contributed by atoms with Crippen LogP contribution in [0.4, 0.5) is 0 Å². The molecule has 1 atom stereocenters. The summed E-state index contributed by atoms with van der Waals surface area (Å²) >= 11 is 0. The molecule has 3 aromatic carbocycles. The van der Waals surface area contributed by atoms with Gasteiger partial charge in [-0.1, -0.05) is 57.2 Å². The van der Waals surface area contributed by atoms with E-state index in [0.717, 1.165) is 33.3 Å².